The van der Waals surface area contributed by atoms with E-state index in [0.29, 0.717) is 48.2 Å². The van der Waals surface area contributed by atoms with Crippen LogP contribution in [0.3, 0.4) is 0 Å². The number of benzene rings is 1. The van der Waals surface area contributed by atoms with Crippen molar-refractivity contribution < 1.29 is 14.3 Å². The standard InChI is InChI=1S/C25H27N7O3S/c1-25(2,3)35-24(34)32-12-10-31(11-13-32)19-8-7-16(15-27-19)21-28-18-6-4-5-17(20(18)29-21)22(33)30-23-26-9-14-36-23/h4-9,14-15H,10-13H2,1-3H3,(H,28,29)(H,26,30,33). The average molecular weight is 506 g/mol. The van der Waals surface area contributed by atoms with Crippen molar-refractivity contribution in [1.29, 1.82) is 0 Å². The van der Waals surface area contributed by atoms with Gasteiger partial charge in [-0.25, -0.2) is 19.7 Å². The molecular weight excluding hydrogens is 478 g/mol. The molecule has 1 aliphatic heterocycles. The first-order chi connectivity index (χ1) is 17.3. The Morgan fingerprint density at radius 2 is 1.89 bits per heavy atom. The molecule has 0 radical (unpaired) electrons. The predicted molar refractivity (Wildman–Crippen MR) is 139 cm³/mol. The number of hydrogen-bond donors (Lipinski definition) is 2. The number of carbonyl (C=O) groups is 2. The Morgan fingerprint density at radius 3 is 2.56 bits per heavy atom. The zero-order valence-electron chi connectivity index (χ0n) is 20.3. The van der Waals surface area contributed by atoms with Gasteiger partial charge in [-0.3, -0.25) is 10.1 Å². The topological polar surface area (TPSA) is 116 Å². The van der Waals surface area contributed by atoms with Gasteiger partial charge in [-0.1, -0.05) is 6.07 Å². The van der Waals surface area contributed by atoms with Gasteiger partial charge in [0.25, 0.3) is 5.91 Å². The number of carbonyl (C=O) groups excluding carboxylic acids is 2. The summed E-state index contributed by atoms with van der Waals surface area (Å²) in [5, 5.41) is 5.16. The van der Waals surface area contributed by atoms with Crippen molar-refractivity contribution in [2.45, 2.75) is 26.4 Å². The summed E-state index contributed by atoms with van der Waals surface area (Å²) in [7, 11) is 0. The van der Waals surface area contributed by atoms with Gasteiger partial charge in [0.1, 0.15) is 22.8 Å². The number of imidazole rings is 1. The predicted octanol–water partition coefficient (Wildman–Crippen LogP) is 4.39. The van der Waals surface area contributed by atoms with Crippen LogP contribution in [-0.2, 0) is 4.74 Å². The van der Waals surface area contributed by atoms with E-state index in [1.807, 2.05) is 45.0 Å². The van der Waals surface area contributed by atoms with E-state index in [9.17, 15) is 9.59 Å². The molecule has 0 unspecified atom stereocenters. The number of aromatic nitrogens is 4. The van der Waals surface area contributed by atoms with E-state index in [1.54, 1.807) is 28.7 Å². The Hall–Kier alpha value is -3.99. The van der Waals surface area contributed by atoms with Crippen LogP contribution in [-0.4, -0.2) is 68.6 Å². The zero-order valence-corrected chi connectivity index (χ0v) is 21.1. The third kappa shape index (κ3) is 5.15. The number of rotatable bonds is 4. The van der Waals surface area contributed by atoms with Crippen LogP contribution >= 0.6 is 11.3 Å². The molecule has 2 N–H and O–H groups in total. The Balaban J connectivity index is 1.28. The lowest BCUT2D eigenvalue weighted by Crippen LogP contribution is -2.50. The fourth-order valence-corrected chi connectivity index (χ4v) is 4.48. The largest absolute Gasteiger partial charge is 0.444 e. The lowest BCUT2D eigenvalue weighted by Gasteiger charge is -2.36. The first-order valence-corrected chi connectivity index (χ1v) is 12.5. The minimum atomic E-state index is -0.506. The second kappa shape index (κ2) is 9.57. The van der Waals surface area contributed by atoms with Crippen molar-refractivity contribution in [3.8, 4) is 11.4 Å². The number of H-pyrrole nitrogens is 1. The molecule has 0 bridgehead atoms. The first-order valence-electron chi connectivity index (χ1n) is 11.7. The van der Waals surface area contributed by atoms with Gasteiger partial charge in [-0.05, 0) is 45.0 Å². The van der Waals surface area contributed by atoms with Crippen molar-refractivity contribution >= 4 is 45.3 Å². The molecule has 1 aromatic carbocycles. The molecule has 3 aromatic heterocycles. The van der Waals surface area contributed by atoms with Gasteiger partial charge in [-0.15, -0.1) is 11.3 Å². The van der Waals surface area contributed by atoms with Gasteiger partial charge in [0.05, 0.1) is 11.1 Å². The van der Waals surface area contributed by atoms with E-state index in [4.69, 9.17) is 4.74 Å². The third-order valence-corrected chi connectivity index (χ3v) is 6.38. The summed E-state index contributed by atoms with van der Waals surface area (Å²) in [4.78, 5) is 45.7. The highest BCUT2D eigenvalue weighted by atomic mass is 32.1. The van der Waals surface area contributed by atoms with E-state index in [-0.39, 0.29) is 12.0 Å². The molecule has 0 aliphatic carbocycles. The van der Waals surface area contributed by atoms with Crippen molar-refractivity contribution in [2.24, 2.45) is 0 Å². The number of pyridine rings is 1. The summed E-state index contributed by atoms with van der Waals surface area (Å²) in [6, 6.07) is 9.35. The number of para-hydroxylation sites is 1. The molecule has 0 spiro atoms. The molecule has 4 aromatic rings. The number of hydrogen-bond acceptors (Lipinski definition) is 8. The van der Waals surface area contributed by atoms with Gasteiger partial charge in [0.15, 0.2) is 5.13 Å². The smallest absolute Gasteiger partial charge is 0.410 e. The van der Waals surface area contributed by atoms with Crippen molar-refractivity contribution in [3.63, 3.8) is 0 Å². The van der Waals surface area contributed by atoms with E-state index in [0.717, 1.165) is 16.9 Å². The number of fused-ring (bicyclic) bond motifs is 1. The summed E-state index contributed by atoms with van der Waals surface area (Å²) in [6.45, 7) is 8.11. The molecule has 11 heteroatoms. The highest BCUT2D eigenvalue weighted by Crippen LogP contribution is 2.25. The maximum absolute atomic E-state index is 12.8. The second-order valence-corrected chi connectivity index (χ2v) is 10.3. The van der Waals surface area contributed by atoms with Crippen molar-refractivity contribution in [1.82, 2.24) is 24.8 Å². The number of ether oxygens (including phenoxy) is 1. The van der Waals surface area contributed by atoms with Crippen LogP contribution in [0.4, 0.5) is 15.7 Å². The highest BCUT2D eigenvalue weighted by molar-refractivity contribution is 7.13. The quantitative estimate of drug-likeness (QED) is 0.422. The molecule has 36 heavy (non-hydrogen) atoms. The Kier molecular flexibility index (Phi) is 6.31. The number of anilines is 2. The van der Waals surface area contributed by atoms with Crippen LogP contribution in [0.5, 0.6) is 0 Å². The molecule has 1 fully saturated rings. The van der Waals surface area contributed by atoms with Gasteiger partial charge in [0, 0.05) is 49.5 Å². The molecule has 4 heterocycles. The number of thiazole rings is 1. The molecular formula is C25H27N7O3S. The monoisotopic (exact) mass is 505 g/mol. The minimum absolute atomic E-state index is 0.257. The second-order valence-electron chi connectivity index (χ2n) is 9.44. The van der Waals surface area contributed by atoms with Crippen LogP contribution < -0.4 is 10.2 Å². The van der Waals surface area contributed by atoms with Gasteiger partial charge < -0.3 is 19.5 Å². The van der Waals surface area contributed by atoms with Crippen LogP contribution in [0.25, 0.3) is 22.4 Å². The van der Waals surface area contributed by atoms with Crippen molar-refractivity contribution in [2.75, 3.05) is 36.4 Å². The Morgan fingerprint density at radius 1 is 1.08 bits per heavy atom. The first kappa shape index (κ1) is 23.7. The fourth-order valence-electron chi connectivity index (χ4n) is 3.96. The van der Waals surface area contributed by atoms with E-state index in [1.165, 1.54) is 11.3 Å². The van der Waals surface area contributed by atoms with E-state index in [2.05, 4.69) is 30.2 Å². The number of piperazine rings is 1. The molecule has 5 rings (SSSR count). The summed E-state index contributed by atoms with van der Waals surface area (Å²) < 4.78 is 5.47. The number of nitrogens with one attached hydrogen (secondary N) is 2. The number of aromatic amines is 1. The molecule has 1 saturated heterocycles. The lowest BCUT2D eigenvalue weighted by molar-refractivity contribution is 0.0240. The van der Waals surface area contributed by atoms with Crippen LogP contribution in [0.2, 0.25) is 0 Å². The van der Waals surface area contributed by atoms with Gasteiger partial charge in [0.2, 0.25) is 0 Å². The molecule has 1 aliphatic rings. The third-order valence-electron chi connectivity index (χ3n) is 5.69. The van der Waals surface area contributed by atoms with Crippen LogP contribution in [0.15, 0.2) is 48.1 Å². The number of amides is 2. The highest BCUT2D eigenvalue weighted by Gasteiger charge is 2.26. The molecule has 186 valence electrons. The van der Waals surface area contributed by atoms with Gasteiger partial charge in [-0.2, -0.15) is 0 Å². The molecule has 0 atom stereocenters. The number of nitrogens with zero attached hydrogens (tertiary/aromatic N) is 5. The normalized spacial score (nSPS) is 14.2. The summed E-state index contributed by atoms with van der Waals surface area (Å²) in [5.74, 6) is 1.21. The summed E-state index contributed by atoms with van der Waals surface area (Å²) in [5.41, 5.74) is 2.13. The fraction of sp³-hybridized carbons (Fsp3) is 0.320. The Labute approximate surface area is 212 Å². The van der Waals surface area contributed by atoms with E-state index >= 15 is 0 Å². The molecule has 2 amide bonds. The van der Waals surface area contributed by atoms with Crippen molar-refractivity contribution in [3.05, 3.63) is 53.7 Å². The molecule has 0 saturated carbocycles. The summed E-state index contributed by atoms with van der Waals surface area (Å²) >= 11 is 1.36. The molecule has 10 nitrogen and oxygen atoms in total. The SMILES string of the molecule is CC(C)(C)OC(=O)N1CCN(c2ccc(-c3nc4c(C(=O)Nc5nccs5)cccc4[nH]3)cn2)CC1. The van der Waals surface area contributed by atoms with Crippen LogP contribution in [0, 0.1) is 0 Å². The zero-order chi connectivity index (χ0) is 25.3. The van der Waals surface area contributed by atoms with E-state index < -0.39 is 5.60 Å². The maximum atomic E-state index is 12.8. The maximum Gasteiger partial charge on any atom is 0.410 e. The lowest BCUT2D eigenvalue weighted by atomic mass is 10.2. The van der Waals surface area contributed by atoms with Gasteiger partial charge >= 0.3 is 6.09 Å². The van der Waals surface area contributed by atoms with Crippen LogP contribution in [0.1, 0.15) is 31.1 Å². The Bertz CT molecular complexity index is 1370. The summed E-state index contributed by atoms with van der Waals surface area (Å²) in [6.07, 6.45) is 3.13. The average Bonchev–Trinajstić information content (AvgIpc) is 3.53. The minimum Gasteiger partial charge on any atom is -0.444 e.